The number of fused-ring (bicyclic) bond motifs is 3. The molecule has 2 heterocycles. The Bertz CT molecular complexity index is 1300. The van der Waals surface area contributed by atoms with Gasteiger partial charge in [-0.25, -0.2) is 4.68 Å². The van der Waals surface area contributed by atoms with Crippen LogP contribution >= 0.6 is 0 Å². The molecule has 1 aliphatic rings. The fourth-order valence-electron chi connectivity index (χ4n) is 3.98. The summed E-state index contributed by atoms with van der Waals surface area (Å²) in [5.41, 5.74) is 11.7. The largest absolute Gasteiger partial charge is 0.364 e. The minimum Gasteiger partial charge on any atom is -0.364 e. The van der Waals surface area contributed by atoms with Crippen LogP contribution in [0.5, 0.6) is 0 Å². The molecule has 0 radical (unpaired) electrons. The molecule has 31 heavy (non-hydrogen) atoms. The van der Waals surface area contributed by atoms with Crippen molar-refractivity contribution in [2.45, 2.75) is 12.8 Å². The van der Waals surface area contributed by atoms with E-state index in [0.29, 0.717) is 17.7 Å². The van der Waals surface area contributed by atoms with Crippen molar-refractivity contribution in [2.75, 3.05) is 5.32 Å². The minimum absolute atomic E-state index is 0.215. The monoisotopic (exact) mass is 409 g/mol. The fourth-order valence-corrected chi connectivity index (χ4v) is 3.98. The van der Waals surface area contributed by atoms with E-state index in [9.17, 15) is 9.59 Å². The van der Waals surface area contributed by atoms with E-state index in [1.165, 1.54) is 0 Å². The predicted molar refractivity (Wildman–Crippen MR) is 117 cm³/mol. The maximum atomic E-state index is 12.6. The second kappa shape index (κ2) is 7.53. The lowest BCUT2D eigenvalue weighted by Crippen LogP contribution is -2.15. The van der Waals surface area contributed by atoms with E-state index < -0.39 is 5.91 Å². The normalized spacial score (nSPS) is 12.0. The van der Waals surface area contributed by atoms with Crippen molar-refractivity contribution < 1.29 is 9.59 Å². The number of benzene rings is 2. The maximum absolute atomic E-state index is 12.6. The summed E-state index contributed by atoms with van der Waals surface area (Å²) in [7, 11) is 0. The van der Waals surface area contributed by atoms with Crippen LogP contribution in [0.4, 0.5) is 5.69 Å². The van der Waals surface area contributed by atoms with Gasteiger partial charge in [0.05, 0.1) is 11.4 Å². The first kappa shape index (κ1) is 18.7. The van der Waals surface area contributed by atoms with Gasteiger partial charge in [-0.3, -0.25) is 14.6 Å². The summed E-state index contributed by atoms with van der Waals surface area (Å²) < 4.78 is 1.77. The molecule has 7 nitrogen and oxygen atoms in total. The van der Waals surface area contributed by atoms with Crippen molar-refractivity contribution in [3.63, 3.8) is 0 Å². The predicted octanol–water partition coefficient (Wildman–Crippen LogP) is 3.38. The lowest BCUT2D eigenvalue weighted by molar-refractivity contribution is 0.0992. The molecular formula is C24H19N5O2. The Balaban J connectivity index is 1.61. The quantitative estimate of drug-likeness (QED) is 0.539. The van der Waals surface area contributed by atoms with E-state index in [1.807, 2.05) is 48.5 Å². The summed E-state index contributed by atoms with van der Waals surface area (Å²) in [6, 6.07) is 18.8. The van der Waals surface area contributed by atoms with Crippen LogP contribution in [0.2, 0.25) is 0 Å². The minimum atomic E-state index is -0.545. The third-order valence-corrected chi connectivity index (χ3v) is 5.43. The number of primary amides is 1. The molecule has 2 aromatic heterocycles. The summed E-state index contributed by atoms with van der Waals surface area (Å²) >= 11 is 0. The van der Waals surface area contributed by atoms with Gasteiger partial charge in [0.1, 0.15) is 0 Å². The molecule has 0 saturated carbocycles. The van der Waals surface area contributed by atoms with Gasteiger partial charge in [0.25, 0.3) is 11.8 Å². The summed E-state index contributed by atoms with van der Waals surface area (Å²) in [6.45, 7) is 0. The number of anilines is 1. The van der Waals surface area contributed by atoms with Crippen LogP contribution in [-0.2, 0) is 12.8 Å². The van der Waals surface area contributed by atoms with Crippen LogP contribution in [0.1, 0.15) is 32.0 Å². The van der Waals surface area contributed by atoms with Crippen molar-refractivity contribution in [3.05, 3.63) is 95.4 Å². The molecule has 1 aliphatic carbocycles. The van der Waals surface area contributed by atoms with Crippen LogP contribution < -0.4 is 11.1 Å². The summed E-state index contributed by atoms with van der Waals surface area (Å²) in [4.78, 5) is 28.6. The van der Waals surface area contributed by atoms with Gasteiger partial charge in [-0.05, 0) is 54.8 Å². The summed E-state index contributed by atoms with van der Waals surface area (Å²) in [6.07, 6.45) is 4.60. The van der Waals surface area contributed by atoms with Gasteiger partial charge < -0.3 is 11.1 Å². The number of rotatable bonds is 4. The van der Waals surface area contributed by atoms with Gasteiger partial charge in [-0.15, -0.1) is 0 Å². The maximum Gasteiger partial charge on any atom is 0.269 e. The Morgan fingerprint density at radius 3 is 2.48 bits per heavy atom. The van der Waals surface area contributed by atoms with Gasteiger partial charge >= 0.3 is 0 Å². The zero-order valence-electron chi connectivity index (χ0n) is 16.6. The number of pyridine rings is 1. The number of aromatic nitrogens is 3. The van der Waals surface area contributed by atoms with E-state index in [0.717, 1.165) is 34.5 Å². The number of carbonyl (C=O) groups is 2. The molecule has 0 aliphatic heterocycles. The molecular weight excluding hydrogens is 390 g/mol. The highest BCUT2D eigenvalue weighted by Gasteiger charge is 2.28. The van der Waals surface area contributed by atoms with Crippen molar-refractivity contribution in [2.24, 2.45) is 5.73 Å². The van der Waals surface area contributed by atoms with Gasteiger partial charge in [-0.2, -0.15) is 5.10 Å². The van der Waals surface area contributed by atoms with E-state index in [1.54, 1.807) is 29.2 Å². The molecule has 152 valence electrons. The van der Waals surface area contributed by atoms with Gasteiger partial charge in [0.15, 0.2) is 5.69 Å². The van der Waals surface area contributed by atoms with E-state index in [-0.39, 0.29) is 11.6 Å². The third kappa shape index (κ3) is 3.36. The first-order valence-corrected chi connectivity index (χ1v) is 9.93. The number of nitrogens with zero attached hydrogens (tertiary/aromatic N) is 3. The molecule has 0 fully saturated rings. The number of hydrogen-bond acceptors (Lipinski definition) is 4. The number of amides is 2. The molecule has 0 unspecified atom stereocenters. The summed E-state index contributed by atoms with van der Waals surface area (Å²) in [5.74, 6) is -0.760. The Hall–Kier alpha value is -4.26. The van der Waals surface area contributed by atoms with Crippen molar-refractivity contribution in [3.8, 4) is 16.9 Å². The molecule has 0 spiro atoms. The second-order valence-electron chi connectivity index (χ2n) is 7.35. The van der Waals surface area contributed by atoms with E-state index >= 15 is 0 Å². The molecule has 7 heteroatoms. The molecule has 0 bridgehead atoms. The molecule has 2 amide bonds. The van der Waals surface area contributed by atoms with Crippen LogP contribution in [-0.4, -0.2) is 26.6 Å². The number of hydrogen-bond donors (Lipinski definition) is 2. The number of carbonyl (C=O) groups excluding carboxylic acids is 2. The SMILES string of the molecule is NC(=O)c1nn(-c2ccccc2)c2c1CCc1ccc(NC(=O)c3ccncc3)cc1-2. The molecule has 5 rings (SSSR count). The molecule has 0 atom stereocenters. The Morgan fingerprint density at radius 2 is 1.74 bits per heavy atom. The highest BCUT2D eigenvalue weighted by Crippen LogP contribution is 2.38. The highest BCUT2D eigenvalue weighted by atomic mass is 16.2. The van der Waals surface area contributed by atoms with E-state index in [2.05, 4.69) is 15.4 Å². The number of para-hydroxylation sites is 1. The lowest BCUT2D eigenvalue weighted by atomic mass is 9.88. The fraction of sp³-hybridized carbons (Fsp3) is 0.0833. The summed E-state index contributed by atoms with van der Waals surface area (Å²) in [5, 5.41) is 7.49. The molecule has 4 aromatic rings. The van der Waals surface area contributed by atoms with Crippen LogP contribution in [0.15, 0.2) is 73.1 Å². The topological polar surface area (TPSA) is 103 Å². The molecule has 3 N–H and O–H groups in total. The zero-order chi connectivity index (χ0) is 21.4. The Morgan fingerprint density at radius 1 is 0.968 bits per heavy atom. The molecule has 0 saturated heterocycles. The third-order valence-electron chi connectivity index (χ3n) is 5.43. The van der Waals surface area contributed by atoms with Crippen LogP contribution in [0, 0.1) is 0 Å². The Kier molecular flexibility index (Phi) is 4.55. The van der Waals surface area contributed by atoms with Crippen molar-refractivity contribution >= 4 is 17.5 Å². The number of aryl methyl sites for hydroxylation is 1. The smallest absolute Gasteiger partial charge is 0.269 e. The average Bonchev–Trinajstić information content (AvgIpc) is 3.21. The van der Waals surface area contributed by atoms with Gasteiger partial charge in [0.2, 0.25) is 0 Å². The van der Waals surface area contributed by atoms with E-state index in [4.69, 9.17) is 5.73 Å². The number of nitrogens with two attached hydrogens (primary N) is 1. The zero-order valence-corrected chi connectivity index (χ0v) is 16.6. The first-order chi connectivity index (χ1) is 15.1. The van der Waals surface area contributed by atoms with Crippen LogP contribution in [0.3, 0.4) is 0 Å². The second-order valence-corrected chi connectivity index (χ2v) is 7.35. The molecule has 2 aromatic carbocycles. The highest BCUT2D eigenvalue weighted by molar-refractivity contribution is 6.04. The van der Waals surface area contributed by atoms with Crippen LogP contribution in [0.25, 0.3) is 16.9 Å². The first-order valence-electron chi connectivity index (χ1n) is 9.93. The van der Waals surface area contributed by atoms with Crippen molar-refractivity contribution in [1.82, 2.24) is 14.8 Å². The lowest BCUT2D eigenvalue weighted by Gasteiger charge is -2.20. The van der Waals surface area contributed by atoms with Gasteiger partial charge in [-0.1, -0.05) is 24.3 Å². The average molecular weight is 409 g/mol. The number of nitrogens with one attached hydrogen (secondary N) is 1. The standard InChI is InChI=1S/C24H19N5O2/c25-23(30)21-19-9-7-15-6-8-17(27-24(31)16-10-12-26-13-11-16)14-20(15)22(19)29(28-21)18-4-2-1-3-5-18/h1-6,8,10-14H,7,9H2,(H2,25,30)(H,27,31). The Labute approximate surface area is 178 Å². The van der Waals surface area contributed by atoms with Crippen molar-refractivity contribution in [1.29, 1.82) is 0 Å². The van der Waals surface area contributed by atoms with Gasteiger partial charge in [0, 0.05) is 34.8 Å².